The molecule has 1 saturated heterocycles. The van der Waals surface area contributed by atoms with Gasteiger partial charge in [0, 0.05) is 24.7 Å². The molecule has 1 heterocycles. The molecule has 0 aromatic heterocycles. The van der Waals surface area contributed by atoms with Crippen LogP contribution in [0.3, 0.4) is 0 Å². The minimum Gasteiger partial charge on any atom is -0.481 e. The van der Waals surface area contributed by atoms with E-state index in [0.29, 0.717) is 37.7 Å². The number of ether oxygens (including phenoxy) is 1. The first-order chi connectivity index (χ1) is 9.52. The Morgan fingerprint density at radius 2 is 2.35 bits per heavy atom. The second kappa shape index (κ2) is 6.57. The van der Waals surface area contributed by atoms with Crippen molar-refractivity contribution in [2.45, 2.75) is 19.4 Å². The highest BCUT2D eigenvalue weighted by Crippen LogP contribution is 2.30. The average molecular weight is 298 g/mol. The van der Waals surface area contributed by atoms with Gasteiger partial charge in [-0.05, 0) is 37.6 Å². The fourth-order valence-electron chi connectivity index (χ4n) is 2.73. The smallest absolute Gasteiger partial charge is 0.313 e. The lowest BCUT2D eigenvalue weighted by Crippen LogP contribution is -2.47. The summed E-state index contributed by atoms with van der Waals surface area (Å²) in [4.78, 5) is 13.6. The molecule has 1 N–H and O–H groups in total. The van der Waals surface area contributed by atoms with Crippen molar-refractivity contribution in [3.8, 4) is 0 Å². The number of halogens is 1. The fourth-order valence-corrected chi connectivity index (χ4v) is 2.95. The Kier molecular flexibility index (Phi) is 5.02. The van der Waals surface area contributed by atoms with Gasteiger partial charge in [0.25, 0.3) is 0 Å². The molecule has 0 bridgehead atoms. The van der Waals surface area contributed by atoms with E-state index in [-0.39, 0.29) is 0 Å². The summed E-state index contributed by atoms with van der Waals surface area (Å²) in [6, 6.07) is 7.64. The monoisotopic (exact) mass is 297 g/mol. The molecule has 1 aliphatic rings. The number of benzene rings is 1. The van der Waals surface area contributed by atoms with Crippen molar-refractivity contribution in [1.82, 2.24) is 4.90 Å². The maximum absolute atomic E-state index is 11.6. The van der Waals surface area contributed by atoms with Gasteiger partial charge in [0.1, 0.15) is 5.41 Å². The summed E-state index contributed by atoms with van der Waals surface area (Å²) in [5.74, 6) is -0.768. The van der Waals surface area contributed by atoms with E-state index >= 15 is 0 Å². The molecule has 1 aromatic carbocycles. The SMILES string of the molecule is CN(Cc1cccc(Cl)c1)CC1(C(=O)O)CCCOC1. The fraction of sp³-hybridized carbons (Fsp3) is 0.533. The van der Waals surface area contributed by atoms with Crippen LogP contribution in [0.5, 0.6) is 0 Å². The van der Waals surface area contributed by atoms with E-state index in [9.17, 15) is 9.90 Å². The number of carboxylic acid groups (broad SMARTS) is 1. The third-order valence-corrected chi connectivity index (χ3v) is 3.93. The van der Waals surface area contributed by atoms with Crippen LogP contribution in [0.4, 0.5) is 0 Å². The molecule has 1 fully saturated rings. The molecule has 0 aliphatic carbocycles. The Bertz CT molecular complexity index is 472. The van der Waals surface area contributed by atoms with Gasteiger partial charge in [-0.25, -0.2) is 0 Å². The van der Waals surface area contributed by atoms with Crippen LogP contribution in [0.25, 0.3) is 0 Å². The average Bonchev–Trinajstić information content (AvgIpc) is 2.39. The van der Waals surface area contributed by atoms with E-state index in [1.807, 2.05) is 36.2 Å². The van der Waals surface area contributed by atoms with Gasteiger partial charge >= 0.3 is 5.97 Å². The molecule has 1 unspecified atom stereocenters. The molecule has 0 amide bonds. The van der Waals surface area contributed by atoms with Gasteiger partial charge in [0.05, 0.1) is 6.61 Å². The van der Waals surface area contributed by atoms with Crippen molar-refractivity contribution in [1.29, 1.82) is 0 Å². The minimum atomic E-state index is -0.786. The maximum Gasteiger partial charge on any atom is 0.313 e. The molecule has 1 aromatic rings. The third-order valence-electron chi connectivity index (χ3n) is 3.69. The second-order valence-electron chi connectivity index (χ2n) is 5.54. The lowest BCUT2D eigenvalue weighted by molar-refractivity contribution is -0.159. The molecular formula is C15H20ClNO3. The highest BCUT2D eigenvalue weighted by atomic mass is 35.5. The Morgan fingerprint density at radius 3 is 2.95 bits per heavy atom. The van der Waals surface area contributed by atoms with Crippen molar-refractivity contribution in [3.63, 3.8) is 0 Å². The maximum atomic E-state index is 11.6. The predicted octanol–water partition coefficient (Wildman–Crippen LogP) is 2.65. The van der Waals surface area contributed by atoms with Crippen LogP contribution in [-0.2, 0) is 16.1 Å². The number of rotatable bonds is 5. The first-order valence-electron chi connectivity index (χ1n) is 6.76. The van der Waals surface area contributed by atoms with Gasteiger partial charge in [0.2, 0.25) is 0 Å². The number of nitrogens with zero attached hydrogens (tertiary/aromatic N) is 1. The van der Waals surface area contributed by atoms with Gasteiger partial charge < -0.3 is 14.7 Å². The van der Waals surface area contributed by atoms with Crippen LogP contribution in [-0.4, -0.2) is 42.8 Å². The number of hydrogen-bond acceptors (Lipinski definition) is 3. The molecule has 0 saturated carbocycles. The van der Waals surface area contributed by atoms with Crippen molar-refractivity contribution < 1.29 is 14.6 Å². The Labute approximate surface area is 124 Å². The van der Waals surface area contributed by atoms with E-state index in [4.69, 9.17) is 16.3 Å². The summed E-state index contributed by atoms with van der Waals surface area (Å²) in [5, 5.41) is 10.2. The van der Waals surface area contributed by atoms with E-state index in [0.717, 1.165) is 12.0 Å². The lowest BCUT2D eigenvalue weighted by Gasteiger charge is -2.36. The quantitative estimate of drug-likeness (QED) is 0.908. The van der Waals surface area contributed by atoms with E-state index in [1.54, 1.807) is 0 Å². The number of hydrogen-bond donors (Lipinski definition) is 1. The molecule has 4 nitrogen and oxygen atoms in total. The summed E-state index contributed by atoms with van der Waals surface area (Å²) in [6.07, 6.45) is 1.47. The molecule has 110 valence electrons. The van der Waals surface area contributed by atoms with Gasteiger partial charge in [-0.3, -0.25) is 4.79 Å². The van der Waals surface area contributed by atoms with E-state index < -0.39 is 11.4 Å². The molecule has 0 radical (unpaired) electrons. The molecular weight excluding hydrogens is 278 g/mol. The van der Waals surface area contributed by atoms with Crippen LogP contribution >= 0.6 is 11.6 Å². The number of carboxylic acids is 1. The minimum absolute atomic E-state index is 0.294. The molecule has 1 atom stereocenters. The summed E-state index contributed by atoms with van der Waals surface area (Å²) in [7, 11) is 1.93. The second-order valence-corrected chi connectivity index (χ2v) is 5.98. The number of aliphatic carboxylic acids is 1. The molecule has 5 heteroatoms. The summed E-state index contributed by atoms with van der Waals surface area (Å²) in [6.45, 7) is 2.11. The van der Waals surface area contributed by atoms with Crippen LogP contribution in [0.1, 0.15) is 18.4 Å². The standard InChI is InChI=1S/C15H20ClNO3/c1-17(9-12-4-2-5-13(16)8-12)10-15(14(18)19)6-3-7-20-11-15/h2,4-5,8H,3,6-7,9-11H2,1H3,(H,18,19). The zero-order valence-electron chi connectivity index (χ0n) is 11.6. The molecule has 0 spiro atoms. The van der Waals surface area contributed by atoms with E-state index in [2.05, 4.69) is 0 Å². The van der Waals surface area contributed by atoms with Crippen molar-refractivity contribution in [3.05, 3.63) is 34.9 Å². The lowest BCUT2D eigenvalue weighted by atomic mass is 9.82. The summed E-state index contributed by atoms with van der Waals surface area (Å²) in [5.41, 5.74) is 0.295. The highest BCUT2D eigenvalue weighted by Gasteiger charge is 2.41. The predicted molar refractivity (Wildman–Crippen MR) is 77.9 cm³/mol. The van der Waals surface area contributed by atoms with E-state index in [1.165, 1.54) is 0 Å². The summed E-state index contributed by atoms with van der Waals surface area (Å²) >= 11 is 5.97. The Balaban J connectivity index is 2.01. The third kappa shape index (κ3) is 3.72. The molecule has 2 rings (SSSR count). The Morgan fingerprint density at radius 1 is 1.55 bits per heavy atom. The zero-order chi connectivity index (χ0) is 14.6. The zero-order valence-corrected chi connectivity index (χ0v) is 12.4. The largest absolute Gasteiger partial charge is 0.481 e. The van der Waals surface area contributed by atoms with Crippen LogP contribution in [0.2, 0.25) is 5.02 Å². The highest BCUT2D eigenvalue weighted by molar-refractivity contribution is 6.30. The first-order valence-corrected chi connectivity index (χ1v) is 7.14. The van der Waals surface area contributed by atoms with Gasteiger partial charge in [-0.15, -0.1) is 0 Å². The topological polar surface area (TPSA) is 49.8 Å². The summed E-state index contributed by atoms with van der Waals surface area (Å²) < 4.78 is 5.39. The van der Waals surface area contributed by atoms with Crippen LogP contribution in [0, 0.1) is 5.41 Å². The van der Waals surface area contributed by atoms with Crippen molar-refractivity contribution >= 4 is 17.6 Å². The molecule has 20 heavy (non-hydrogen) atoms. The molecule has 1 aliphatic heterocycles. The van der Waals surface area contributed by atoms with Crippen LogP contribution < -0.4 is 0 Å². The normalized spacial score (nSPS) is 22.9. The first kappa shape index (κ1) is 15.3. The Hall–Kier alpha value is -1.10. The van der Waals surface area contributed by atoms with Gasteiger partial charge in [-0.2, -0.15) is 0 Å². The van der Waals surface area contributed by atoms with Gasteiger partial charge in [-0.1, -0.05) is 23.7 Å². The van der Waals surface area contributed by atoms with Crippen molar-refractivity contribution in [2.75, 3.05) is 26.8 Å². The van der Waals surface area contributed by atoms with Gasteiger partial charge in [0.15, 0.2) is 0 Å². The van der Waals surface area contributed by atoms with Crippen LogP contribution in [0.15, 0.2) is 24.3 Å². The van der Waals surface area contributed by atoms with Crippen molar-refractivity contribution in [2.24, 2.45) is 5.41 Å². The number of carbonyl (C=O) groups is 1.